The molecule has 2 atom stereocenters. The molecule has 1 aliphatic carbocycles. The molecule has 2 aromatic carbocycles. The standard InChI is InChI=1S/C17H16ClFO/c18-15-7-3-5-12(17(15)19)10-16(20)14-9-8-11-4-1-2-6-13(11)14/h1-7,14,16,20H,8-10H2. The zero-order chi connectivity index (χ0) is 14.1. The van der Waals surface area contributed by atoms with Crippen molar-refractivity contribution in [3.63, 3.8) is 0 Å². The number of halogens is 2. The van der Waals surface area contributed by atoms with E-state index in [1.165, 1.54) is 17.2 Å². The van der Waals surface area contributed by atoms with E-state index in [1.54, 1.807) is 12.1 Å². The Morgan fingerprint density at radius 3 is 2.85 bits per heavy atom. The van der Waals surface area contributed by atoms with E-state index in [-0.39, 0.29) is 10.9 Å². The van der Waals surface area contributed by atoms with Crippen molar-refractivity contribution in [2.45, 2.75) is 31.3 Å². The summed E-state index contributed by atoms with van der Waals surface area (Å²) >= 11 is 5.78. The van der Waals surface area contributed by atoms with Crippen LogP contribution in [0.25, 0.3) is 0 Å². The van der Waals surface area contributed by atoms with Crippen molar-refractivity contribution >= 4 is 11.6 Å². The quantitative estimate of drug-likeness (QED) is 0.902. The first-order chi connectivity index (χ1) is 9.66. The molecule has 104 valence electrons. The van der Waals surface area contributed by atoms with Gasteiger partial charge in [-0.25, -0.2) is 4.39 Å². The van der Waals surface area contributed by atoms with E-state index in [0.29, 0.717) is 12.0 Å². The minimum atomic E-state index is -0.577. The van der Waals surface area contributed by atoms with Gasteiger partial charge in [-0.2, -0.15) is 0 Å². The Bertz CT molecular complexity index is 626. The van der Waals surface area contributed by atoms with Crippen molar-refractivity contribution in [2.75, 3.05) is 0 Å². The minimum Gasteiger partial charge on any atom is -0.392 e. The Kier molecular flexibility index (Phi) is 3.77. The van der Waals surface area contributed by atoms with Gasteiger partial charge in [0.2, 0.25) is 0 Å². The molecule has 0 saturated heterocycles. The average Bonchev–Trinajstić information content (AvgIpc) is 2.88. The van der Waals surface area contributed by atoms with Crippen LogP contribution in [-0.2, 0) is 12.8 Å². The summed E-state index contributed by atoms with van der Waals surface area (Å²) in [5.41, 5.74) is 2.97. The highest BCUT2D eigenvalue weighted by Gasteiger charge is 2.28. The maximum atomic E-state index is 13.9. The summed E-state index contributed by atoms with van der Waals surface area (Å²) in [4.78, 5) is 0. The molecule has 0 spiro atoms. The number of aliphatic hydroxyl groups excluding tert-OH is 1. The lowest BCUT2D eigenvalue weighted by Crippen LogP contribution is -2.20. The van der Waals surface area contributed by atoms with Crippen LogP contribution in [0.4, 0.5) is 4.39 Å². The second-order valence-corrected chi connectivity index (χ2v) is 5.74. The Morgan fingerprint density at radius 1 is 1.20 bits per heavy atom. The lowest BCUT2D eigenvalue weighted by atomic mass is 9.91. The Balaban J connectivity index is 1.81. The predicted molar refractivity (Wildman–Crippen MR) is 78.6 cm³/mol. The van der Waals surface area contributed by atoms with Gasteiger partial charge in [-0.05, 0) is 35.6 Å². The summed E-state index contributed by atoms with van der Waals surface area (Å²) in [6.07, 6.45) is 1.62. The van der Waals surface area contributed by atoms with Gasteiger partial charge in [-0.1, -0.05) is 48.0 Å². The second kappa shape index (κ2) is 5.55. The number of benzene rings is 2. The maximum absolute atomic E-state index is 13.9. The maximum Gasteiger partial charge on any atom is 0.145 e. The summed E-state index contributed by atoms with van der Waals surface area (Å²) in [5, 5.41) is 10.6. The molecule has 1 nitrogen and oxygen atoms in total. The first kappa shape index (κ1) is 13.6. The van der Waals surface area contributed by atoms with Gasteiger partial charge in [-0.3, -0.25) is 0 Å². The first-order valence-electron chi connectivity index (χ1n) is 6.85. The molecule has 3 rings (SSSR count). The van der Waals surface area contributed by atoms with Gasteiger partial charge in [0.25, 0.3) is 0 Å². The smallest absolute Gasteiger partial charge is 0.145 e. The molecule has 20 heavy (non-hydrogen) atoms. The van der Waals surface area contributed by atoms with E-state index < -0.39 is 11.9 Å². The number of aryl methyl sites for hydroxylation is 1. The third-order valence-electron chi connectivity index (χ3n) is 4.10. The molecule has 0 aliphatic heterocycles. The molecule has 0 aromatic heterocycles. The third kappa shape index (κ3) is 2.46. The molecule has 2 aromatic rings. The molecular weight excluding hydrogens is 275 g/mol. The molecule has 1 N–H and O–H groups in total. The SMILES string of the molecule is OC(Cc1cccc(Cl)c1F)C1CCc2ccccc21. The highest BCUT2D eigenvalue weighted by atomic mass is 35.5. The normalized spacial score (nSPS) is 18.9. The van der Waals surface area contributed by atoms with Crippen LogP contribution in [0.15, 0.2) is 42.5 Å². The summed E-state index contributed by atoms with van der Waals surface area (Å²) in [7, 11) is 0. The van der Waals surface area contributed by atoms with Crippen molar-refractivity contribution in [3.05, 3.63) is 70.0 Å². The lowest BCUT2D eigenvalue weighted by molar-refractivity contribution is 0.142. The topological polar surface area (TPSA) is 20.2 Å². The molecule has 0 heterocycles. The van der Waals surface area contributed by atoms with Crippen LogP contribution in [0.3, 0.4) is 0 Å². The van der Waals surface area contributed by atoms with Crippen LogP contribution in [0.5, 0.6) is 0 Å². The Labute approximate surface area is 123 Å². The molecule has 0 fully saturated rings. The van der Waals surface area contributed by atoms with Crippen LogP contribution in [-0.4, -0.2) is 11.2 Å². The van der Waals surface area contributed by atoms with Gasteiger partial charge < -0.3 is 5.11 Å². The van der Waals surface area contributed by atoms with Crippen LogP contribution in [0, 0.1) is 5.82 Å². The average molecular weight is 291 g/mol. The van der Waals surface area contributed by atoms with E-state index in [4.69, 9.17) is 11.6 Å². The zero-order valence-electron chi connectivity index (χ0n) is 11.0. The lowest BCUT2D eigenvalue weighted by Gasteiger charge is -2.19. The third-order valence-corrected chi connectivity index (χ3v) is 4.40. The molecule has 0 amide bonds. The van der Waals surface area contributed by atoms with Crippen LogP contribution in [0.1, 0.15) is 29.0 Å². The molecule has 0 radical (unpaired) electrons. The second-order valence-electron chi connectivity index (χ2n) is 5.33. The fraction of sp³-hybridized carbons (Fsp3) is 0.294. The largest absolute Gasteiger partial charge is 0.392 e. The monoisotopic (exact) mass is 290 g/mol. The number of fused-ring (bicyclic) bond motifs is 1. The number of hydrogen-bond donors (Lipinski definition) is 1. The van der Waals surface area contributed by atoms with Gasteiger partial charge >= 0.3 is 0 Å². The first-order valence-corrected chi connectivity index (χ1v) is 7.23. The molecule has 2 unspecified atom stereocenters. The van der Waals surface area contributed by atoms with E-state index in [2.05, 4.69) is 12.1 Å². The fourth-order valence-electron chi connectivity index (χ4n) is 3.06. The number of aliphatic hydroxyl groups is 1. The van der Waals surface area contributed by atoms with Crippen LogP contribution < -0.4 is 0 Å². The Hall–Kier alpha value is -1.38. The molecule has 0 bridgehead atoms. The summed E-state index contributed by atoms with van der Waals surface area (Å²) in [5.74, 6) is -0.330. The molecular formula is C17H16ClFO. The fourth-order valence-corrected chi connectivity index (χ4v) is 3.26. The number of hydrogen-bond acceptors (Lipinski definition) is 1. The van der Waals surface area contributed by atoms with Crippen molar-refractivity contribution in [2.24, 2.45) is 0 Å². The minimum absolute atomic E-state index is 0.0876. The predicted octanol–water partition coefficient (Wildman–Crippen LogP) is 4.11. The van der Waals surface area contributed by atoms with Crippen LogP contribution >= 0.6 is 11.6 Å². The van der Waals surface area contributed by atoms with E-state index >= 15 is 0 Å². The van der Waals surface area contributed by atoms with Crippen molar-refractivity contribution in [1.82, 2.24) is 0 Å². The summed E-state index contributed by atoms with van der Waals surface area (Å²) in [6, 6.07) is 13.1. The van der Waals surface area contributed by atoms with Gasteiger partial charge in [0.05, 0.1) is 11.1 Å². The highest BCUT2D eigenvalue weighted by Crippen LogP contribution is 2.36. The van der Waals surface area contributed by atoms with Gasteiger partial charge in [0, 0.05) is 12.3 Å². The van der Waals surface area contributed by atoms with Gasteiger partial charge in [-0.15, -0.1) is 0 Å². The van der Waals surface area contributed by atoms with Crippen molar-refractivity contribution in [3.8, 4) is 0 Å². The van der Waals surface area contributed by atoms with Crippen molar-refractivity contribution in [1.29, 1.82) is 0 Å². The molecule has 0 saturated carbocycles. The summed E-state index contributed by atoms with van der Waals surface area (Å²) in [6.45, 7) is 0. The summed E-state index contributed by atoms with van der Waals surface area (Å²) < 4.78 is 13.9. The molecule has 1 aliphatic rings. The highest BCUT2D eigenvalue weighted by molar-refractivity contribution is 6.30. The van der Waals surface area contributed by atoms with E-state index in [9.17, 15) is 9.50 Å². The number of rotatable bonds is 3. The van der Waals surface area contributed by atoms with Crippen LogP contribution in [0.2, 0.25) is 5.02 Å². The van der Waals surface area contributed by atoms with E-state index in [0.717, 1.165) is 12.8 Å². The van der Waals surface area contributed by atoms with E-state index in [1.807, 2.05) is 12.1 Å². The van der Waals surface area contributed by atoms with Gasteiger partial charge in [0.1, 0.15) is 5.82 Å². The zero-order valence-corrected chi connectivity index (χ0v) is 11.8. The van der Waals surface area contributed by atoms with Crippen molar-refractivity contribution < 1.29 is 9.50 Å². The molecule has 3 heteroatoms. The Morgan fingerprint density at radius 2 is 2.00 bits per heavy atom. The van der Waals surface area contributed by atoms with Gasteiger partial charge in [0.15, 0.2) is 0 Å².